The average Bonchev–Trinajstić information content (AvgIpc) is 2.50. The fourth-order valence-electron chi connectivity index (χ4n) is 1.59. The number of para-hydroxylation sites is 2. The van der Waals surface area contributed by atoms with Crippen molar-refractivity contribution in [2.45, 2.75) is 0 Å². The van der Waals surface area contributed by atoms with E-state index in [1.807, 2.05) is 0 Å². The lowest BCUT2D eigenvalue weighted by Gasteiger charge is -2.10. The third-order valence-electron chi connectivity index (χ3n) is 2.57. The molecule has 0 fully saturated rings. The number of aromatic nitrogens is 1. The number of nitrogens with zero attached hydrogens (tertiary/aromatic N) is 1. The summed E-state index contributed by atoms with van der Waals surface area (Å²) in [5.74, 6) is -1.23. The number of pyridine rings is 1. The van der Waals surface area contributed by atoms with Crippen LogP contribution < -0.4 is 15.4 Å². The molecule has 2 N–H and O–H groups in total. The van der Waals surface area contributed by atoms with Crippen molar-refractivity contribution < 1.29 is 14.3 Å². The highest BCUT2D eigenvalue weighted by Gasteiger charge is 2.17. The summed E-state index contributed by atoms with van der Waals surface area (Å²) in [5.41, 5.74) is 0.664. The van der Waals surface area contributed by atoms with Gasteiger partial charge in [-0.05, 0) is 24.3 Å². The van der Waals surface area contributed by atoms with E-state index in [4.69, 9.17) is 16.3 Å². The van der Waals surface area contributed by atoms with Crippen molar-refractivity contribution in [3.8, 4) is 5.75 Å². The zero-order valence-electron chi connectivity index (χ0n) is 11.1. The number of hydrogen-bond acceptors (Lipinski definition) is 4. The highest BCUT2D eigenvalue weighted by molar-refractivity contribution is 6.44. The Morgan fingerprint density at radius 1 is 1.05 bits per heavy atom. The molecule has 0 spiro atoms. The standard InChI is InChI=1S/C14H12ClN3O3/c1-21-11-7-3-2-5-9(11)17-13(19)14(20)18-10-6-4-8-16-12(10)15/h2-8H,1H3,(H,17,19)(H,18,20). The van der Waals surface area contributed by atoms with Crippen LogP contribution in [-0.2, 0) is 9.59 Å². The van der Waals surface area contributed by atoms with Gasteiger partial charge in [-0.15, -0.1) is 0 Å². The molecule has 0 aliphatic carbocycles. The first-order valence-electron chi connectivity index (χ1n) is 5.97. The van der Waals surface area contributed by atoms with Crippen molar-refractivity contribution in [2.75, 3.05) is 17.7 Å². The first-order chi connectivity index (χ1) is 10.1. The minimum Gasteiger partial charge on any atom is -0.495 e. The molecule has 2 rings (SSSR count). The van der Waals surface area contributed by atoms with Crippen molar-refractivity contribution >= 4 is 34.8 Å². The van der Waals surface area contributed by atoms with Crippen molar-refractivity contribution in [3.05, 3.63) is 47.7 Å². The minimum atomic E-state index is -0.851. The minimum absolute atomic E-state index is 0.107. The molecule has 0 atom stereocenters. The third kappa shape index (κ3) is 3.70. The molecule has 0 bridgehead atoms. The van der Waals surface area contributed by atoms with Gasteiger partial charge in [0, 0.05) is 6.20 Å². The van der Waals surface area contributed by atoms with Gasteiger partial charge in [0.15, 0.2) is 5.15 Å². The molecular formula is C14H12ClN3O3. The number of carbonyl (C=O) groups is 2. The Morgan fingerprint density at radius 3 is 2.33 bits per heavy atom. The molecule has 0 aliphatic rings. The molecule has 7 heteroatoms. The van der Waals surface area contributed by atoms with Crippen LogP contribution >= 0.6 is 11.6 Å². The number of amides is 2. The largest absolute Gasteiger partial charge is 0.495 e. The highest BCUT2D eigenvalue weighted by atomic mass is 35.5. The summed E-state index contributed by atoms with van der Waals surface area (Å²) in [4.78, 5) is 27.5. The smallest absolute Gasteiger partial charge is 0.314 e. The fourth-order valence-corrected chi connectivity index (χ4v) is 1.75. The molecule has 21 heavy (non-hydrogen) atoms. The Labute approximate surface area is 126 Å². The number of benzene rings is 1. The van der Waals surface area contributed by atoms with Gasteiger partial charge in [-0.1, -0.05) is 23.7 Å². The zero-order valence-corrected chi connectivity index (χ0v) is 11.8. The van der Waals surface area contributed by atoms with Crippen LogP contribution in [-0.4, -0.2) is 23.9 Å². The number of nitrogens with one attached hydrogen (secondary N) is 2. The maximum Gasteiger partial charge on any atom is 0.314 e. The number of rotatable bonds is 3. The van der Waals surface area contributed by atoms with Crippen LogP contribution in [0.5, 0.6) is 5.75 Å². The van der Waals surface area contributed by atoms with Crippen molar-refractivity contribution in [3.63, 3.8) is 0 Å². The molecule has 2 amide bonds. The number of hydrogen-bond donors (Lipinski definition) is 2. The molecule has 0 unspecified atom stereocenters. The summed E-state index contributed by atoms with van der Waals surface area (Å²) < 4.78 is 5.09. The second kappa shape index (κ2) is 6.71. The lowest BCUT2D eigenvalue weighted by Crippen LogP contribution is -2.29. The molecule has 0 aliphatic heterocycles. The zero-order chi connectivity index (χ0) is 15.2. The molecule has 6 nitrogen and oxygen atoms in total. The molecule has 0 radical (unpaired) electrons. The van der Waals surface area contributed by atoms with Gasteiger partial charge in [-0.3, -0.25) is 9.59 Å². The predicted octanol–water partition coefficient (Wildman–Crippen LogP) is 2.32. The maximum absolute atomic E-state index is 11.9. The normalized spacial score (nSPS) is 9.81. The Morgan fingerprint density at radius 2 is 1.67 bits per heavy atom. The third-order valence-corrected chi connectivity index (χ3v) is 2.87. The van der Waals surface area contributed by atoms with E-state index in [1.165, 1.54) is 13.3 Å². The molecule has 1 aromatic heterocycles. The second-order valence-electron chi connectivity index (χ2n) is 3.95. The number of halogens is 1. The fraction of sp³-hybridized carbons (Fsp3) is 0.0714. The van der Waals surface area contributed by atoms with Crippen LogP contribution in [0.2, 0.25) is 5.15 Å². The SMILES string of the molecule is COc1ccccc1NC(=O)C(=O)Nc1cccnc1Cl. The summed E-state index contributed by atoms with van der Waals surface area (Å²) in [6, 6.07) is 9.91. The molecule has 1 aromatic carbocycles. The van der Waals surface area contributed by atoms with E-state index in [2.05, 4.69) is 15.6 Å². The van der Waals surface area contributed by atoms with E-state index >= 15 is 0 Å². The summed E-state index contributed by atoms with van der Waals surface area (Å²) >= 11 is 5.80. The van der Waals surface area contributed by atoms with Gasteiger partial charge >= 0.3 is 11.8 Å². The van der Waals surface area contributed by atoms with E-state index < -0.39 is 11.8 Å². The van der Waals surface area contributed by atoms with E-state index in [0.29, 0.717) is 11.4 Å². The molecule has 1 heterocycles. The predicted molar refractivity (Wildman–Crippen MR) is 79.5 cm³/mol. The first-order valence-corrected chi connectivity index (χ1v) is 6.35. The number of ether oxygens (including phenoxy) is 1. The van der Waals surface area contributed by atoms with Crippen LogP contribution in [0.3, 0.4) is 0 Å². The van der Waals surface area contributed by atoms with Gasteiger partial charge in [-0.2, -0.15) is 0 Å². The molecule has 108 valence electrons. The number of carbonyl (C=O) groups excluding carboxylic acids is 2. The average molecular weight is 306 g/mol. The van der Waals surface area contributed by atoms with Gasteiger partial charge in [0.1, 0.15) is 5.75 Å². The summed E-state index contributed by atoms with van der Waals surface area (Å²) in [6.45, 7) is 0. The van der Waals surface area contributed by atoms with E-state index in [9.17, 15) is 9.59 Å². The van der Waals surface area contributed by atoms with Gasteiger partial charge in [0.2, 0.25) is 0 Å². The van der Waals surface area contributed by atoms with Gasteiger partial charge < -0.3 is 15.4 Å². The topological polar surface area (TPSA) is 80.3 Å². The molecular weight excluding hydrogens is 294 g/mol. The van der Waals surface area contributed by atoms with Crippen LogP contribution in [0.4, 0.5) is 11.4 Å². The van der Waals surface area contributed by atoms with Crippen LogP contribution in [0, 0.1) is 0 Å². The first kappa shape index (κ1) is 14.8. The van der Waals surface area contributed by atoms with Gasteiger partial charge in [-0.25, -0.2) is 4.98 Å². The quantitative estimate of drug-likeness (QED) is 0.673. The van der Waals surface area contributed by atoms with E-state index in [0.717, 1.165) is 0 Å². The Hall–Kier alpha value is -2.60. The van der Waals surface area contributed by atoms with Crippen LogP contribution in [0.25, 0.3) is 0 Å². The van der Waals surface area contributed by atoms with Crippen LogP contribution in [0.1, 0.15) is 0 Å². The van der Waals surface area contributed by atoms with Gasteiger partial charge in [0.25, 0.3) is 0 Å². The lowest BCUT2D eigenvalue weighted by molar-refractivity contribution is -0.133. The molecule has 0 saturated carbocycles. The van der Waals surface area contributed by atoms with Crippen molar-refractivity contribution in [2.24, 2.45) is 0 Å². The maximum atomic E-state index is 11.9. The lowest BCUT2D eigenvalue weighted by atomic mass is 10.3. The summed E-state index contributed by atoms with van der Waals surface area (Å²) in [5, 5.41) is 4.95. The summed E-state index contributed by atoms with van der Waals surface area (Å²) in [7, 11) is 1.47. The second-order valence-corrected chi connectivity index (χ2v) is 4.31. The Kier molecular flexibility index (Phi) is 4.73. The van der Waals surface area contributed by atoms with E-state index in [-0.39, 0.29) is 10.8 Å². The summed E-state index contributed by atoms with van der Waals surface area (Å²) in [6.07, 6.45) is 1.48. The number of methoxy groups -OCH3 is 1. The van der Waals surface area contributed by atoms with Crippen molar-refractivity contribution in [1.82, 2.24) is 4.98 Å². The number of anilines is 2. The van der Waals surface area contributed by atoms with Crippen molar-refractivity contribution in [1.29, 1.82) is 0 Å². The monoisotopic (exact) mass is 305 g/mol. The molecule has 0 saturated heterocycles. The van der Waals surface area contributed by atoms with Crippen LogP contribution in [0.15, 0.2) is 42.6 Å². The highest BCUT2D eigenvalue weighted by Crippen LogP contribution is 2.23. The molecule has 2 aromatic rings. The van der Waals surface area contributed by atoms with Gasteiger partial charge in [0.05, 0.1) is 18.5 Å². The Balaban J connectivity index is 2.07. The Bertz CT molecular complexity index is 676. The van der Waals surface area contributed by atoms with E-state index in [1.54, 1.807) is 36.4 Å².